The fraction of sp³-hybridized carbons (Fsp3) is 0.308. The third-order valence-electron chi connectivity index (χ3n) is 9.29. The average molecular weight is 617 g/mol. The first-order chi connectivity index (χ1) is 22.5. The highest BCUT2D eigenvalue weighted by atomic mass is 16.5. The van der Waals surface area contributed by atoms with Gasteiger partial charge < -0.3 is 20.1 Å². The number of rotatable bonds is 11. The molecular weight excluding hydrogens is 576 g/mol. The molecule has 7 heteroatoms. The van der Waals surface area contributed by atoms with Gasteiger partial charge in [0.2, 0.25) is 5.91 Å². The summed E-state index contributed by atoms with van der Waals surface area (Å²) in [4.78, 5) is 40.4. The fourth-order valence-electron chi connectivity index (χ4n) is 6.88. The molecule has 236 valence electrons. The molecule has 0 saturated heterocycles. The zero-order chi connectivity index (χ0) is 31.9. The Hall–Kier alpha value is -4.91. The van der Waals surface area contributed by atoms with Gasteiger partial charge in [0.05, 0.1) is 6.42 Å². The number of carboxylic acids is 1. The van der Waals surface area contributed by atoms with Gasteiger partial charge in [-0.05, 0) is 64.3 Å². The van der Waals surface area contributed by atoms with Crippen LogP contribution in [0.4, 0.5) is 10.5 Å². The van der Waals surface area contributed by atoms with Crippen LogP contribution < -0.4 is 10.2 Å². The topological polar surface area (TPSA) is 95.9 Å². The number of carbonyl (C=O) groups is 3. The number of nitrogens with one attached hydrogen (secondary N) is 1. The van der Waals surface area contributed by atoms with E-state index >= 15 is 0 Å². The van der Waals surface area contributed by atoms with Crippen molar-refractivity contribution >= 4 is 23.7 Å². The zero-order valence-corrected chi connectivity index (χ0v) is 25.9. The van der Waals surface area contributed by atoms with Crippen molar-refractivity contribution in [2.45, 2.75) is 56.9 Å². The van der Waals surface area contributed by atoms with Crippen LogP contribution in [0, 0.1) is 5.92 Å². The Kier molecular flexibility index (Phi) is 9.77. The van der Waals surface area contributed by atoms with Gasteiger partial charge in [-0.3, -0.25) is 4.79 Å². The number of hydrogen-bond acceptors (Lipinski definition) is 4. The first-order valence-corrected chi connectivity index (χ1v) is 16.2. The van der Waals surface area contributed by atoms with E-state index in [-0.39, 0.29) is 24.9 Å². The molecule has 0 heterocycles. The van der Waals surface area contributed by atoms with E-state index in [1.807, 2.05) is 95.9 Å². The molecule has 0 aliphatic heterocycles. The molecule has 1 atom stereocenters. The second-order valence-electron chi connectivity index (χ2n) is 12.4. The molecule has 2 N–H and O–H groups in total. The lowest BCUT2D eigenvalue weighted by molar-refractivity contribution is -0.139. The number of nitrogens with zero attached hydrogens (tertiary/aromatic N) is 1. The smallest absolute Gasteiger partial charge is 0.407 e. The number of anilines is 1. The summed E-state index contributed by atoms with van der Waals surface area (Å²) in [7, 11) is 0. The number of benzene rings is 4. The normalized spacial score (nSPS) is 15.0. The summed E-state index contributed by atoms with van der Waals surface area (Å²) < 4.78 is 5.60. The lowest BCUT2D eigenvalue weighted by atomic mass is 9.88. The molecule has 1 saturated carbocycles. The van der Waals surface area contributed by atoms with Crippen molar-refractivity contribution < 1.29 is 24.2 Å². The quantitative estimate of drug-likeness (QED) is 0.183. The summed E-state index contributed by atoms with van der Waals surface area (Å²) in [6, 6.07) is 32.2. The van der Waals surface area contributed by atoms with Crippen LogP contribution in [0.5, 0.6) is 0 Å². The number of carboxylic acid groups (broad SMARTS) is 1. The molecule has 0 unspecified atom stereocenters. The highest BCUT2D eigenvalue weighted by Crippen LogP contribution is 2.44. The van der Waals surface area contributed by atoms with E-state index in [9.17, 15) is 19.5 Å². The molecule has 4 aromatic carbocycles. The van der Waals surface area contributed by atoms with Crippen molar-refractivity contribution in [3.05, 3.63) is 125 Å². The number of ether oxygens (including phenoxy) is 1. The molecule has 6 rings (SSSR count). The molecule has 1 fully saturated rings. The summed E-state index contributed by atoms with van der Waals surface area (Å²) in [5, 5.41) is 12.5. The first-order valence-electron chi connectivity index (χ1n) is 16.2. The van der Waals surface area contributed by atoms with Gasteiger partial charge in [0.1, 0.15) is 12.6 Å². The summed E-state index contributed by atoms with van der Waals surface area (Å²) in [5.41, 5.74) is 6.93. The van der Waals surface area contributed by atoms with E-state index in [4.69, 9.17) is 4.74 Å². The SMILES string of the molecule is O=C(N[C@@H](Cc1ccc(N(CC2CCCCC2)C(=O)Cc2ccccc2)cc1)C(=O)O)OCC1c2ccccc2-c2ccccc21. The molecule has 2 aliphatic carbocycles. The van der Waals surface area contributed by atoms with E-state index in [2.05, 4.69) is 17.4 Å². The standard InChI is InChI=1S/C39H40N2O5/c42-37(24-27-11-3-1-4-12-27)41(25-29-13-5-2-6-14-29)30-21-19-28(20-22-30)23-36(38(43)44)40-39(45)46-26-35-33-17-9-7-15-31(33)32-16-8-10-18-34(32)35/h1,3-4,7-12,15-22,29,35-36H,2,5-6,13-14,23-26H2,(H,40,45)(H,43,44)/t36-/m0/s1. The van der Waals surface area contributed by atoms with Gasteiger partial charge in [-0.2, -0.15) is 0 Å². The van der Waals surface area contributed by atoms with Crippen LogP contribution in [0.1, 0.15) is 60.3 Å². The second-order valence-corrected chi connectivity index (χ2v) is 12.4. The Morgan fingerprint density at radius 2 is 1.37 bits per heavy atom. The Morgan fingerprint density at radius 3 is 2.00 bits per heavy atom. The van der Waals surface area contributed by atoms with Crippen LogP contribution in [0.3, 0.4) is 0 Å². The van der Waals surface area contributed by atoms with Gasteiger partial charge >= 0.3 is 12.1 Å². The molecule has 2 aliphatic rings. The monoisotopic (exact) mass is 616 g/mol. The minimum atomic E-state index is -1.17. The predicted molar refractivity (Wildman–Crippen MR) is 179 cm³/mol. The van der Waals surface area contributed by atoms with E-state index in [1.54, 1.807) is 0 Å². The molecule has 7 nitrogen and oxygen atoms in total. The van der Waals surface area contributed by atoms with E-state index in [0.717, 1.165) is 51.9 Å². The molecule has 0 aromatic heterocycles. The second kappa shape index (κ2) is 14.5. The molecule has 0 radical (unpaired) electrons. The summed E-state index contributed by atoms with van der Waals surface area (Å²) in [5.74, 6) is -0.750. The largest absolute Gasteiger partial charge is 0.480 e. The molecule has 2 amide bonds. The number of hydrogen-bond donors (Lipinski definition) is 2. The molecule has 0 spiro atoms. The Bertz CT molecular complexity index is 1620. The van der Waals surface area contributed by atoms with Gasteiger partial charge in [-0.1, -0.05) is 110 Å². The fourth-order valence-corrected chi connectivity index (χ4v) is 6.88. The minimum Gasteiger partial charge on any atom is -0.480 e. The lowest BCUT2D eigenvalue weighted by Crippen LogP contribution is -2.43. The molecule has 0 bridgehead atoms. The van der Waals surface area contributed by atoms with Crippen LogP contribution in [0.25, 0.3) is 11.1 Å². The minimum absolute atomic E-state index is 0.0462. The van der Waals surface area contributed by atoms with E-state index < -0.39 is 18.1 Å². The van der Waals surface area contributed by atoms with Gasteiger partial charge in [-0.25, -0.2) is 9.59 Å². The van der Waals surface area contributed by atoms with Gasteiger partial charge in [0.15, 0.2) is 0 Å². The van der Waals surface area contributed by atoms with Crippen LogP contribution in [0.15, 0.2) is 103 Å². The van der Waals surface area contributed by atoms with Crippen LogP contribution in [0.2, 0.25) is 0 Å². The third-order valence-corrected chi connectivity index (χ3v) is 9.29. The van der Waals surface area contributed by atoms with Crippen molar-refractivity contribution in [1.82, 2.24) is 5.32 Å². The Morgan fingerprint density at radius 1 is 0.761 bits per heavy atom. The van der Waals surface area contributed by atoms with Crippen LogP contribution in [-0.2, 0) is 27.2 Å². The number of amides is 2. The number of alkyl carbamates (subject to hydrolysis) is 1. The number of aliphatic carboxylic acids is 1. The zero-order valence-electron chi connectivity index (χ0n) is 25.9. The molecular formula is C39H40N2O5. The van der Waals surface area contributed by atoms with E-state index in [1.165, 1.54) is 19.3 Å². The molecule has 4 aromatic rings. The number of carbonyl (C=O) groups excluding carboxylic acids is 2. The van der Waals surface area contributed by atoms with Crippen molar-refractivity contribution in [2.75, 3.05) is 18.1 Å². The predicted octanol–water partition coefficient (Wildman–Crippen LogP) is 7.38. The Labute approximate surface area is 270 Å². The highest BCUT2D eigenvalue weighted by Gasteiger charge is 2.30. The van der Waals surface area contributed by atoms with E-state index in [0.29, 0.717) is 18.9 Å². The summed E-state index contributed by atoms with van der Waals surface area (Å²) >= 11 is 0. The average Bonchev–Trinajstić information content (AvgIpc) is 3.40. The first kappa shape index (κ1) is 31.1. The molecule has 46 heavy (non-hydrogen) atoms. The maximum absolute atomic E-state index is 13.5. The number of fused-ring (bicyclic) bond motifs is 3. The van der Waals surface area contributed by atoms with Crippen LogP contribution >= 0.6 is 0 Å². The van der Waals surface area contributed by atoms with Gasteiger partial charge in [-0.15, -0.1) is 0 Å². The Balaban J connectivity index is 1.10. The van der Waals surface area contributed by atoms with Gasteiger partial charge in [0, 0.05) is 24.6 Å². The van der Waals surface area contributed by atoms with Crippen molar-refractivity contribution in [3.8, 4) is 11.1 Å². The highest BCUT2D eigenvalue weighted by molar-refractivity contribution is 5.94. The van der Waals surface area contributed by atoms with Crippen molar-refractivity contribution in [1.29, 1.82) is 0 Å². The van der Waals surface area contributed by atoms with Crippen molar-refractivity contribution in [2.24, 2.45) is 5.92 Å². The van der Waals surface area contributed by atoms with Gasteiger partial charge in [0.25, 0.3) is 0 Å². The third kappa shape index (κ3) is 7.31. The lowest BCUT2D eigenvalue weighted by Gasteiger charge is -2.30. The maximum atomic E-state index is 13.5. The summed E-state index contributed by atoms with van der Waals surface area (Å²) in [6.07, 6.45) is 5.51. The summed E-state index contributed by atoms with van der Waals surface area (Å²) in [6.45, 7) is 0.779. The maximum Gasteiger partial charge on any atom is 0.407 e. The van der Waals surface area contributed by atoms with Crippen LogP contribution in [-0.4, -0.2) is 42.3 Å². The van der Waals surface area contributed by atoms with Crippen molar-refractivity contribution in [3.63, 3.8) is 0 Å².